The first kappa shape index (κ1) is 8.60. The van der Waals surface area contributed by atoms with Gasteiger partial charge in [-0.05, 0) is 12.3 Å². The van der Waals surface area contributed by atoms with Gasteiger partial charge in [-0.2, -0.15) is 0 Å². The molecule has 0 aliphatic carbocycles. The molecule has 0 amide bonds. The summed E-state index contributed by atoms with van der Waals surface area (Å²) < 4.78 is 0. The van der Waals surface area contributed by atoms with E-state index in [1.807, 2.05) is 6.20 Å². The molecule has 1 rings (SSSR count). The van der Waals surface area contributed by atoms with Gasteiger partial charge in [0.1, 0.15) is 0 Å². The lowest BCUT2D eigenvalue weighted by atomic mass is 10.0. The number of hydrogen-bond acceptors (Lipinski definition) is 2. The first-order chi connectivity index (χ1) is 5.33. The van der Waals surface area contributed by atoms with Crippen molar-refractivity contribution in [3.05, 3.63) is 12.3 Å². The summed E-state index contributed by atoms with van der Waals surface area (Å²) in [5, 5.41) is 1.77. The maximum absolute atomic E-state index is 5.58. The second-order valence-electron chi connectivity index (χ2n) is 3.29. The maximum atomic E-state index is 5.58. The van der Waals surface area contributed by atoms with Gasteiger partial charge in [-0.25, -0.2) is 5.84 Å². The van der Waals surface area contributed by atoms with Gasteiger partial charge in [0.25, 0.3) is 0 Å². The van der Waals surface area contributed by atoms with Crippen molar-refractivity contribution < 1.29 is 0 Å². The van der Waals surface area contributed by atoms with E-state index in [0.717, 1.165) is 6.54 Å². The minimum absolute atomic E-state index is 0.714. The molecule has 0 aromatic carbocycles. The van der Waals surface area contributed by atoms with Crippen molar-refractivity contribution >= 4 is 0 Å². The minimum atomic E-state index is 0.714. The number of hydrogen-bond donors (Lipinski definition) is 1. The molecule has 2 heteroatoms. The molecule has 1 aliphatic heterocycles. The van der Waals surface area contributed by atoms with Gasteiger partial charge in [0.2, 0.25) is 0 Å². The molecule has 0 aromatic heterocycles. The van der Waals surface area contributed by atoms with Crippen molar-refractivity contribution in [2.45, 2.75) is 32.6 Å². The summed E-state index contributed by atoms with van der Waals surface area (Å²) in [4.78, 5) is 0. The van der Waals surface area contributed by atoms with Crippen LogP contribution in [-0.4, -0.2) is 11.6 Å². The van der Waals surface area contributed by atoms with Crippen molar-refractivity contribution in [3.63, 3.8) is 0 Å². The molecule has 0 radical (unpaired) electrons. The van der Waals surface area contributed by atoms with Crippen molar-refractivity contribution in [3.8, 4) is 0 Å². The molecule has 0 fully saturated rings. The van der Waals surface area contributed by atoms with Crippen LogP contribution in [0.4, 0.5) is 0 Å². The minimum Gasteiger partial charge on any atom is -0.318 e. The molecule has 0 aromatic rings. The van der Waals surface area contributed by atoms with Crippen LogP contribution in [-0.2, 0) is 0 Å². The van der Waals surface area contributed by atoms with Crippen LogP contribution in [0.25, 0.3) is 0 Å². The maximum Gasteiger partial charge on any atom is 0.0398 e. The van der Waals surface area contributed by atoms with Gasteiger partial charge in [-0.15, -0.1) is 0 Å². The zero-order valence-electron chi connectivity index (χ0n) is 7.29. The van der Waals surface area contributed by atoms with Crippen LogP contribution >= 0.6 is 0 Å². The lowest BCUT2D eigenvalue weighted by Gasteiger charge is -2.10. The quantitative estimate of drug-likeness (QED) is 0.495. The third-order valence-electron chi connectivity index (χ3n) is 2.17. The van der Waals surface area contributed by atoms with Crippen LogP contribution in [0.1, 0.15) is 32.6 Å². The van der Waals surface area contributed by atoms with E-state index < -0.39 is 0 Å². The highest BCUT2D eigenvalue weighted by Gasteiger charge is 2.11. The fraction of sp³-hybridized carbons (Fsp3) is 0.778. The lowest BCUT2D eigenvalue weighted by molar-refractivity contribution is 0.369. The largest absolute Gasteiger partial charge is 0.318 e. The topological polar surface area (TPSA) is 29.3 Å². The SMILES string of the molecule is CCCCCC1C=CN(N)C1. The van der Waals surface area contributed by atoms with Gasteiger partial charge in [0.05, 0.1) is 0 Å². The van der Waals surface area contributed by atoms with E-state index in [9.17, 15) is 0 Å². The molecular formula is C9H18N2. The molecule has 11 heavy (non-hydrogen) atoms. The second-order valence-corrected chi connectivity index (χ2v) is 3.29. The normalized spacial score (nSPS) is 23.1. The summed E-state index contributed by atoms with van der Waals surface area (Å²) in [6, 6.07) is 0. The summed E-state index contributed by atoms with van der Waals surface area (Å²) in [6.07, 6.45) is 9.52. The number of hydrazine groups is 1. The summed E-state index contributed by atoms with van der Waals surface area (Å²) in [5.74, 6) is 6.29. The molecule has 0 saturated heterocycles. The van der Waals surface area contributed by atoms with Crippen LogP contribution in [0.15, 0.2) is 12.3 Å². The zero-order valence-corrected chi connectivity index (χ0v) is 7.29. The fourth-order valence-corrected chi connectivity index (χ4v) is 1.47. The Labute approximate surface area is 69.0 Å². The lowest BCUT2D eigenvalue weighted by Crippen LogP contribution is -2.24. The van der Waals surface area contributed by atoms with Gasteiger partial charge in [0, 0.05) is 12.7 Å². The standard InChI is InChI=1S/C9H18N2/c1-2-3-4-5-9-6-7-11(10)8-9/h6-7,9H,2-5,8,10H2,1H3. The summed E-state index contributed by atoms with van der Waals surface area (Å²) in [7, 11) is 0. The van der Waals surface area contributed by atoms with Crippen molar-refractivity contribution in [1.82, 2.24) is 5.01 Å². The highest BCUT2D eigenvalue weighted by Crippen LogP contribution is 2.16. The van der Waals surface area contributed by atoms with E-state index in [-0.39, 0.29) is 0 Å². The zero-order chi connectivity index (χ0) is 8.10. The third kappa shape index (κ3) is 2.93. The molecule has 1 heterocycles. The number of nitrogens with zero attached hydrogens (tertiary/aromatic N) is 1. The van der Waals surface area contributed by atoms with Gasteiger partial charge < -0.3 is 5.01 Å². The average molecular weight is 154 g/mol. The summed E-state index contributed by atoms with van der Waals surface area (Å²) in [6.45, 7) is 3.25. The monoisotopic (exact) mass is 154 g/mol. The van der Waals surface area contributed by atoms with Crippen molar-refractivity contribution in [1.29, 1.82) is 0 Å². The Morgan fingerprint density at radius 2 is 2.36 bits per heavy atom. The molecule has 0 bridgehead atoms. The molecule has 0 saturated carbocycles. The second kappa shape index (κ2) is 4.39. The van der Waals surface area contributed by atoms with E-state index in [2.05, 4.69) is 13.0 Å². The van der Waals surface area contributed by atoms with Crippen LogP contribution in [0, 0.1) is 5.92 Å². The van der Waals surface area contributed by atoms with Crippen LogP contribution < -0.4 is 5.84 Å². The van der Waals surface area contributed by atoms with E-state index in [1.54, 1.807) is 5.01 Å². The molecule has 1 atom stereocenters. The van der Waals surface area contributed by atoms with Crippen LogP contribution in [0.5, 0.6) is 0 Å². The Balaban J connectivity index is 2.05. The number of rotatable bonds is 4. The molecule has 2 N–H and O–H groups in total. The predicted octanol–water partition coefficient (Wildman–Crippen LogP) is 1.89. The molecule has 1 unspecified atom stereocenters. The molecule has 2 nitrogen and oxygen atoms in total. The van der Waals surface area contributed by atoms with E-state index in [4.69, 9.17) is 5.84 Å². The Morgan fingerprint density at radius 1 is 1.55 bits per heavy atom. The van der Waals surface area contributed by atoms with Crippen LogP contribution in [0.3, 0.4) is 0 Å². The van der Waals surface area contributed by atoms with Crippen LogP contribution in [0.2, 0.25) is 0 Å². The smallest absolute Gasteiger partial charge is 0.0398 e. The summed E-state index contributed by atoms with van der Waals surface area (Å²) in [5.41, 5.74) is 0. The average Bonchev–Trinajstić information content (AvgIpc) is 2.37. The Morgan fingerprint density at radius 3 is 2.91 bits per heavy atom. The van der Waals surface area contributed by atoms with E-state index in [0.29, 0.717) is 5.92 Å². The van der Waals surface area contributed by atoms with Crippen molar-refractivity contribution in [2.75, 3.05) is 6.54 Å². The Bertz CT molecular complexity index is 132. The van der Waals surface area contributed by atoms with E-state index >= 15 is 0 Å². The Hall–Kier alpha value is -0.500. The van der Waals surface area contributed by atoms with Gasteiger partial charge >= 0.3 is 0 Å². The highest BCUT2D eigenvalue weighted by molar-refractivity contribution is 4.95. The first-order valence-electron chi connectivity index (χ1n) is 4.52. The summed E-state index contributed by atoms with van der Waals surface area (Å²) >= 11 is 0. The molecule has 0 spiro atoms. The third-order valence-corrected chi connectivity index (χ3v) is 2.17. The predicted molar refractivity (Wildman–Crippen MR) is 47.7 cm³/mol. The number of nitrogens with two attached hydrogens (primary N) is 1. The highest BCUT2D eigenvalue weighted by atomic mass is 15.4. The van der Waals surface area contributed by atoms with Gasteiger partial charge in [0.15, 0.2) is 0 Å². The first-order valence-corrected chi connectivity index (χ1v) is 4.52. The fourth-order valence-electron chi connectivity index (χ4n) is 1.47. The molecule has 64 valence electrons. The van der Waals surface area contributed by atoms with Crippen molar-refractivity contribution in [2.24, 2.45) is 11.8 Å². The number of unbranched alkanes of at least 4 members (excludes halogenated alkanes) is 2. The Kier molecular flexibility index (Phi) is 3.43. The molecular weight excluding hydrogens is 136 g/mol. The van der Waals surface area contributed by atoms with E-state index in [1.165, 1.54) is 25.7 Å². The van der Waals surface area contributed by atoms with Gasteiger partial charge in [-0.1, -0.05) is 32.3 Å². The molecule has 1 aliphatic rings. The van der Waals surface area contributed by atoms with Gasteiger partial charge in [-0.3, -0.25) is 0 Å².